The summed E-state index contributed by atoms with van der Waals surface area (Å²) in [5.41, 5.74) is 1.91. The number of anilines is 1. The molecule has 2 aromatic rings. The average Bonchev–Trinajstić information content (AvgIpc) is 2.46. The molecule has 122 valence electrons. The third-order valence-corrected chi connectivity index (χ3v) is 3.42. The van der Waals surface area contributed by atoms with Crippen molar-refractivity contribution < 1.29 is 9.90 Å². The van der Waals surface area contributed by atoms with Crippen molar-refractivity contribution >= 4 is 11.8 Å². The molecule has 0 saturated heterocycles. The zero-order chi connectivity index (χ0) is 16.8. The third-order valence-electron chi connectivity index (χ3n) is 3.42. The van der Waals surface area contributed by atoms with Gasteiger partial charge in [-0.3, -0.25) is 0 Å². The SMILES string of the molecule is Cc1cc(N[C@H](CC(C)C)C(=O)[O-])nc(Cc2ccccc2)n1. The monoisotopic (exact) mass is 312 g/mol. The lowest BCUT2D eigenvalue weighted by Gasteiger charge is -2.22. The number of hydrogen-bond acceptors (Lipinski definition) is 5. The van der Waals surface area contributed by atoms with E-state index in [0.29, 0.717) is 24.5 Å². The molecule has 0 fully saturated rings. The van der Waals surface area contributed by atoms with Crippen LogP contribution in [0.25, 0.3) is 0 Å². The van der Waals surface area contributed by atoms with Crippen molar-refractivity contribution in [1.29, 1.82) is 0 Å². The Labute approximate surface area is 136 Å². The van der Waals surface area contributed by atoms with Gasteiger partial charge < -0.3 is 15.2 Å². The molecule has 0 aliphatic heterocycles. The van der Waals surface area contributed by atoms with Gasteiger partial charge in [0, 0.05) is 18.2 Å². The number of aryl methyl sites for hydroxylation is 1. The first-order valence-corrected chi connectivity index (χ1v) is 7.80. The molecule has 0 bridgehead atoms. The number of carbonyl (C=O) groups excluding carboxylic acids is 1. The molecular weight excluding hydrogens is 290 g/mol. The van der Waals surface area contributed by atoms with Crippen LogP contribution < -0.4 is 10.4 Å². The van der Waals surface area contributed by atoms with Crippen LogP contribution in [0.15, 0.2) is 36.4 Å². The van der Waals surface area contributed by atoms with E-state index in [-0.39, 0.29) is 5.92 Å². The van der Waals surface area contributed by atoms with Crippen molar-refractivity contribution in [3.05, 3.63) is 53.5 Å². The first kappa shape index (κ1) is 16.9. The highest BCUT2D eigenvalue weighted by Gasteiger charge is 2.13. The van der Waals surface area contributed by atoms with Gasteiger partial charge >= 0.3 is 0 Å². The number of nitrogens with zero attached hydrogens (tertiary/aromatic N) is 2. The predicted molar refractivity (Wildman–Crippen MR) is 87.9 cm³/mol. The third kappa shape index (κ3) is 5.36. The number of carboxylic acids is 1. The molecule has 0 aliphatic carbocycles. The van der Waals surface area contributed by atoms with Gasteiger partial charge in [-0.1, -0.05) is 44.2 Å². The fourth-order valence-electron chi connectivity index (χ4n) is 2.43. The zero-order valence-corrected chi connectivity index (χ0v) is 13.7. The minimum atomic E-state index is -1.11. The highest BCUT2D eigenvalue weighted by molar-refractivity contribution is 5.74. The molecule has 1 N–H and O–H groups in total. The van der Waals surface area contributed by atoms with Crippen molar-refractivity contribution in [2.75, 3.05) is 5.32 Å². The molecule has 1 atom stereocenters. The summed E-state index contributed by atoms with van der Waals surface area (Å²) in [4.78, 5) is 20.2. The summed E-state index contributed by atoms with van der Waals surface area (Å²) in [6, 6.07) is 10.9. The van der Waals surface area contributed by atoms with E-state index in [9.17, 15) is 9.90 Å². The number of hydrogen-bond donors (Lipinski definition) is 1. The van der Waals surface area contributed by atoms with Crippen molar-refractivity contribution in [3.63, 3.8) is 0 Å². The van der Waals surface area contributed by atoms with Crippen LogP contribution in [0.5, 0.6) is 0 Å². The van der Waals surface area contributed by atoms with E-state index in [2.05, 4.69) is 15.3 Å². The molecule has 1 aromatic heterocycles. The highest BCUT2D eigenvalue weighted by atomic mass is 16.4. The lowest BCUT2D eigenvalue weighted by atomic mass is 10.0. The Morgan fingerprint density at radius 3 is 2.52 bits per heavy atom. The molecule has 0 aliphatic rings. The second-order valence-corrected chi connectivity index (χ2v) is 6.12. The van der Waals surface area contributed by atoms with E-state index in [1.54, 1.807) is 6.07 Å². The highest BCUT2D eigenvalue weighted by Crippen LogP contribution is 2.14. The maximum Gasteiger partial charge on any atom is 0.135 e. The summed E-state index contributed by atoms with van der Waals surface area (Å²) >= 11 is 0. The number of aliphatic carboxylic acids is 1. The van der Waals surface area contributed by atoms with E-state index >= 15 is 0 Å². The molecule has 0 saturated carbocycles. The number of benzene rings is 1. The summed E-state index contributed by atoms with van der Waals surface area (Å²) in [5.74, 6) is 0.329. The Morgan fingerprint density at radius 1 is 1.22 bits per heavy atom. The van der Waals surface area contributed by atoms with Crippen LogP contribution in [0.1, 0.15) is 37.4 Å². The first-order chi connectivity index (χ1) is 10.9. The molecule has 2 rings (SSSR count). The van der Waals surface area contributed by atoms with Gasteiger partial charge in [-0.25, -0.2) is 9.97 Å². The zero-order valence-electron chi connectivity index (χ0n) is 13.7. The van der Waals surface area contributed by atoms with Gasteiger partial charge in [0.25, 0.3) is 0 Å². The minimum Gasteiger partial charge on any atom is -0.548 e. The van der Waals surface area contributed by atoms with Gasteiger partial charge in [0.05, 0.1) is 12.0 Å². The minimum absolute atomic E-state index is 0.247. The number of rotatable bonds is 7. The standard InChI is InChI=1S/C18H23N3O2/c1-12(2)9-15(18(22)23)20-16-10-13(3)19-17(21-16)11-14-7-5-4-6-8-14/h4-8,10,12,15H,9,11H2,1-3H3,(H,22,23)(H,19,20,21)/p-1/t15-/m1/s1. The van der Waals surface area contributed by atoms with E-state index in [1.807, 2.05) is 51.1 Å². The molecule has 23 heavy (non-hydrogen) atoms. The van der Waals surface area contributed by atoms with Gasteiger partial charge in [-0.2, -0.15) is 0 Å². The average molecular weight is 312 g/mol. The van der Waals surface area contributed by atoms with Gasteiger partial charge in [0.15, 0.2) is 0 Å². The van der Waals surface area contributed by atoms with Gasteiger partial charge in [0.2, 0.25) is 0 Å². The number of aromatic nitrogens is 2. The van der Waals surface area contributed by atoms with Crippen LogP contribution in [0.4, 0.5) is 5.82 Å². The smallest absolute Gasteiger partial charge is 0.135 e. The maximum absolute atomic E-state index is 11.3. The predicted octanol–water partition coefficient (Wildman–Crippen LogP) is 1.95. The van der Waals surface area contributed by atoms with Crippen LogP contribution >= 0.6 is 0 Å². The summed E-state index contributed by atoms with van der Waals surface area (Å²) in [6.45, 7) is 5.82. The van der Waals surface area contributed by atoms with Crippen LogP contribution in [-0.4, -0.2) is 22.0 Å². The van der Waals surface area contributed by atoms with Gasteiger partial charge in [0.1, 0.15) is 11.6 Å². The molecule has 0 unspecified atom stereocenters. The summed E-state index contributed by atoms with van der Waals surface area (Å²) < 4.78 is 0. The Bertz CT molecular complexity index is 657. The number of nitrogens with one attached hydrogen (secondary N) is 1. The Hall–Kier alpha value is -2.43. The fourth-order valence-corrected chi connectivity index (χ4v) is 2.43. The van der Waals surface area contributed by atoms with E-state index in [1.165, 1.54) is 0 Å². The van der Waals surface area contributed by atoms with Crippen LogP contribution in [0.3, 0.4) is 0 Å². The van der Waals surface area contributed by atoms with Crippen molar-refractivity contribution in [2.24, 2.45) is 5.92 Å². The summed E-state index contributed by atoms with van der Waals surface area (Å²) in [5, 5.41) is 14.2. The maximum atomic E-state index is 11.3. The van der Waals surface area contributed by atoms with Crippen LogP contribution in [0.2, 0.25) is 0 Å². The lowest BCUT2D eigenvalue weighted by Crippen LogP contribution is -2.42. The largest absolute Gasteiger partial charge is 0.548 e. The van der Waals surface area contributed by atoms with E-state index in [0.717, 1.165) is 11.3 Å². The molecule has 0 spiro atoms. The quantitative estimate of drug-likeness (QED) is 0.845. The first-order valence-electron chi connectivity index (χ1n) is 7.80. The Balaban J connectivity index is 2.17. The Kier molecular flexibility index (Phi) is 5.68. The van der Waals surface area contributed by atoms with E-state index in [4.69, 9.17) is 0 Å². The molecule has 0 amide bonds. The number of carboxylic acid groups (broad SMARTS) is 1. The van der Waals surface area contributed by atoms with Crippen molar-refractivity contribution in [3.8, 4) is 0 Å². The topological polar surface area (TPSA) is 77.9 Å². The second kappa shape index (κ2) is 7.72. The second-order valence-electron chi connectivity index (χ2n) is 6.12. The van der Waals surface area contributed by atoms with Gasteiger partial charge in [-0.15, -0.1) is 0 Å². The van der Waals surface area contributed by atoms with Crippen molar-refractivity contribution in [1.82, 2.24) is 9.97 Å². The molecule has 5 nitrogen and oxygen atoms in total. The molecular formula is C18H22N3O2-. The fraction of sp³-hybridized carbons (Fsp3) is 0.389. The lowest BCUT2D eigenvalue weighted by molar-refractivity contribution is -0.307. The normalized spacial score (nSPS) is 12.2. The molecule has 0 radical (unpaired) electrons. The van der Waals surface area contributed by atoms with Crippen molar-refractivity contribution in [2.45, 2.75) is 39.7 Å². The molecule has 1 aromatic carbocycles. The van der Waals surface area contributed by atoms with Gasteiger partial charge in [-0.05, 0) is 24.8 Å². The summed E-state index contributed by atoms with van der Waals surface area (Å²) in [6.07, 6.45) is 1.09. The molecule has 5 heteroatoms. The Morgan fingerprint density at radius 2 is 1.91 bits per heavy atom. The van der Waals surface area contributed by atoms with E-state index < -0.39 is 12.0 Å². The van der Waals surface area contributed by atoms with Crippen LogP contribution in [0, 0.1) is 12.8 Å². The number of carbonyl (C=O) groups is 1. The molecule has 1 heterocycles. The van der Waals surface area contributed by atoms with Crippen LogP contribution in [-0.2, 0) is 11.2 Å². The summed E-state index contributed by atoms with van der Waals surface area (Å²) in [7, 11) is 0.